The molecular weight excluding hydrogens is 390 g/mol. The zero-order valence-corrected chi connectivity index (χ0v) is 16.4. The molecule has 7 nitrogen and oxygen atoms in total. The number of morpholine rings is 1. The van der Waals surface area contributed by atoms with E-state index in [1.54, 1.807) is 6.07 Å². The number of rotatable bonds is 6. The van der Waals surface area contributed by atoms with E-state index in [2.05, 4.69) is 9.71 Å². The minimum Gasteiger partial charge on any atom is -0.373 e. The smallest absolute Gasteiger partial charge is 0.263 e. The van der Waals surface area contributed by atoms with Crippen LogP contribution < -0.4 is 9.62 Å². The van der Waals surface area contributed by atoms with Crippen molar-refractivity contribution in [2.45, 2.75) is 11.0 Å². The van der Waals surface area contributed by atoms with E-state index in [-0.39, 0.29) is 16.7 Å². The first-order valence-corrected chi connectivity index (χ1v) is 10.2. The Kier molecular flexibility index (Phi) is 6.11. The molecule has 0 spiro atoms. The Balaban J connectivity index is 1.71. The van der Waals surface area contributed by atoms with Crippen LogP contribution in [-0.4, -0.2) is 64.7 Å². The molecular formula is C18H22F2N4O3S. The first-order chi connectivity index (χ1) is 13.2. The summed E-state index contributed by atoms with van der Waals surface area (Å²) in [5.74, 6) is -1.53. The van der Waals surface area contributed by atoms with E-state index in [9.17, 15) is 17.2 Å². The summed E-state index contributed by atoms with van der Waals surface area (Å²) in [6.07, 6.45) is 1.29. The van der Waals surface area contributed by atoms with Crippen molar-refractivity contribution in [2.75, 3.05) is 50.0 Å². The van der Waals surface area contributed by atoms with Crippen molar-refractivity contribution in [3.63, 3.8) is 0 Å². The van der Waals surface area contributed by atoms with E-state index in [0.717, 1.165) is 24.7 Å². The topological polar surface area (TPSA) is 74.8 Å². The van der Waals surface area contributed by atoms with Gasteiger partial charge in [-0.1, -0.05) is 0 Å². The molecule has 1 N–H and O–H groups in total. The molecule has 1 aromatic carbocycles. The van der Waals surface area contributed by atoms with Crippen molar-refractivity contribution in [1.82, 2.24) is 9.88 Å². The minimum absolute atomic E-state index is 0.0454. The van der Waals surface area contributed by atoms with Crippen LogP contribution in [0.3, 0.4) is 0 Å². The molecule has 1 unspecified atom stereocenters. The van der Waals surface area contributed by atoms with Crippen LogP contribution in [0.2, 0.25) is 0 Å². The molecule has 1 aromatic heterocycles. The molecule has 10 heteroatoms. The Bertz CT molecular complexity index is 923. The Hall–Kier alpha value is -2.30. The molecule has 0 radical (unpaired) electrons. The van der Waals surface area contributed by atoms with Gasteiger partial charge in [-0.2, -0.15) is 0 Å². The number of nitrogens with zero attached hydrogens (tertiary/aromatic N) is 3. The molecule has 1 fully saturated rings. The third kappa shape index (κ3) is 4.94. The lowest BCUT2D eigenvalue weighted by atomic mass is 10.2. The zero-order valence-electron chi connectivity index (χ0n) is 15.6. The highest BCUT2D eigenvalue weighted by atomic mass is 32.2. The van der Waals surface area contributed by atoms with Crippen LogP contribution in [0.25, 0.3) is 0 Å². The van der Waals surface area contributed by atoms with Crippen molar-refractivity contribution in [2.24, 2.45) is 0 Å². The number of nitrogens with one attached hydrogen (secondary N) is 1. The third-order valence-corrected chi connectivity index (χ3v) is 5.60. The van der Waals surface area contributed by atoms with Crippen LogP contribution in [0, 0.1) is 11.6 Å². The Labute approximate surface area is 163 Å². The maximum absolute atomic E-state index is 13.3. The van der Waals surface area contributed by atoms with E-state index < -0.39 is 21.7 Å². The number of ether oxygens (including phenoxy) is 1. The summed E-state index contributed by atoms with van der Waals surface area (Å²) in [7, 11) is -0.0237. The Morgan fingerprint density at radius 3 is 2.68 bits per heavy atom. The predicted molar refractivity (Wildman–Crippen MR) is 102 cm³/mol. The standard InChI is InChI=1S/C18H22F2N4O3S/c1-23(2)11-14-12-24(7-8-27-14)18-6-4-15(10-21-18)28(25,26)22-13-3-5-16(19)17(20)9-13/h3-6,9-10,14,22H,7-8,11-12H2,1-2H3. The molecule has 1 aliphatic rings. The number of likely N-dealkylation sites (N-methyl/N-ethyl adjacent to an activating group) is 1. The van der Waals surface area contributed by atoms with Crippen LogP contribution in [-0.2, 0) is 14.8 Å². The van der Waals surface area contributed by atoms with Gasteiger partial charge < -0.3 is 14.5 Å². The largest absolute Gasteiger partial charge is 0.373 e. The molecule has 0 aliphatic carbocycles. The SMILES string of the molecule is CN(C)CC1CN(c2ccc(S(=O)(=O)Nc3ccc(F)c(F)c3)cn2)CCO1. The van der Waals surface area contributed by atoms with Gasteiger partial charge >= 0.3 is 0 Å². The van der Waals surface area contributed by atoms with Gasteiger partial charge in [-0.05, 0) is 38.4 Å². The summed E-state index contributed by atoms with van der Waals surface area (Å²) >= 11 is 0. The predicted octanol–water partition coefficient (Wildman–Crippen LogP) is 1.93. The molecule has 2 aromatic rings. The molecule has 1 atom stereocenters. The monoisotopic (exact) mass is 412 g/mol. The molecule has 1 aliphatic heterocycles. The van der Waals surface area contributed by atoms with E-state index in [1.807, 2.05) is 23.9 Å². The molecule has 28 heavy (non-hydrogen) atoms. The fourth-order valence-corrected chi connectivity index (χ4v) is 3.93. The van der Waals surface area contributed by atoms with Crippen molar-refractivity contribution in [3.8, 4) is 0 Å². The van der Waals surface area contributed by atoms with E-state index in [0.29, 0.717) is 25.5 Å². The van der Waals surface area contributed by atoms with Crippen LogP contribution in [0.4, 0.5) is 20.3 Å². The number of benzene rings is 1. The van der Waals surface area contributed by atoms with Crippen molar-refractivity contribution in [1.29, 1.82) is 0 Å². The summed E-state index contributed by atoms with van der Waals surface area (Å²) in [5.41, 5.74) is -0.0670. The average Bonchev–Trinajstić information content (AvgIpc) is 2.64. The van der Waals surface area contributed by atoms with Gasteiger partial charge in [-0.25, -0.2) is 22.2 Å². The van der Waals surface area contributed by atoms with Crippen LogP contribution in [0.5, 0.6) is 0 Å². The maximum Gasteiger partial charge on any atom is 0.263 e. The van der Waals surface area contributed by atoms with Crippen molar-refractivity contribution in [3.05, 3.63) is 48.2 Å². The second kappa shape index (κ2) is 8.38. The normalized spacial score (nSPS) is 17.8. The Morgan fingerprint density at radius 2 is 2.04 bits per heavy atom. The number of halogens is 2. The number of hydrogen-bond donors (Lipinski definition) is 1. The van der Waals surface area contributed by atoms with E-state index in [1.165, 1.54) is 12.3 Å². The van der Waals surface area contributed by atoms with Gasteiger partial charge in [0, 0.05) is 31.9 Å². The van der Waals surface area contributed by atoms with Crippen LogP contribution in [0.15, 0.2) is 41.4 Å². The van der Waals surface area contributed by atoms with Gasteiger partial charge in [-0.15, -0.1) is 0 Å². The third-order valence-electron chi connectivity index (χ3n) is 4.23. The lowest BCUT2D eigenvalue weighted by Crippen LogP contribution is -2.46. The minimum atomic E-state index is -3.97. The zero-order chi connectivity index (χ0) is 20.3. The summed E-state index contributed by atoms with van der Waals surface area (Å²) in [4.78, 5) is 8.27. The van der Waals surface area contributed by atoms with Crippen molar-refractivity contribution >= 4 is 21.5 Å². The quantitative estimate of drug-likeness (QED) is 0.782. The molecule has 0 bridgehead atoms. The fraction of sp³-hybridized carbons (Fsp3) is 0.389. The van der Waals surface area contributed by atoms with Gasteiger partial charge in [0.25, 0.3) is 10.0 Å². The highest BCUT2D eigenvalue weighted by molar-refractivity contribution is 7.92. The van der Waals surface area contributed by atoms with E-state index >= 15 is 0 Å². The van der Waals surface area contributed by atoms with Crippen LogP contribution in [0.1, 0.15) is 0 Å². The van der Waals surface area contributed by atoms with Gasteiger partial charge in [0.05, 0.1) is 18.4 Å². The van der Waals surface area contributed by atoms with Crippen molar-refractivity contribution < 1.29 is 21.9 Å². The van der Waals surface area contributed by atoms with E-state index in [4.69, 9.17) is 4.74 Å². The molecule has 0 saturated carbocycles. The first-order valence-electron chi connectivity index (χ1n) is 8.70. The number of anilines is 2. The number of pyridine rings is 1. The lowest BCUT2D eigenvalue weighted by molar-refractivity contribution is 0.0245. The molecule has 0 amide bonds. The molecule has 152 valence electrons. The Morgan fingerprint density at radius 1 is 1.25 bits per heavy atom. The summed E-state index contributed by atoms with van der Waals surface area (Å²) in [6, 6.07) is 5.85. The van der Waals surface area contributed by atoms with Gasteiger partial charge in [0.2, 0.25) is 0 Å². The highest BCUT2D eigenvalue weighted by Crippen LogP contribution is 2.21. The van der Waals surface area contributed by atoms with Crippen LogP contribution >= 0.6 is 0 Å². The molecule has 3 rings (SSSR count). The average molecular weight is 412 g/mol. The summed E-state index contributed by atoms with van der Waals surface area (Å²) in [5, 5.41) is 0. The summed E-state index contributed by atoms with van der Waals surface area (Å²) < 4.78 is 59.1. The number of hydrogen-bond acceptors (Lipinski definition) is 6. The lowest BCUT2D eigenvalue weighted by Gasteiger charge is -2.34. The molecule has 1 saturated heterocycles. The summed E-state index contributed by atoms with van der Waals surface area (Å²) in [6.45, 7) is 2.67. The molecule has 2 heterocycles. The van der Waals surface area contributed by atoms with Gasteiger partial charge in [-0.3, -0.25) is 4.72 Å². The van der Waals surface area contributed by atoms with Gasteiger partial charge in [0.15, 0.2) is 11.6 Å². The highest BCUT2D eigenvalue weighted by Gasteiger charge is 2.23. The second-order valence-corrected chi connectivity index (χ2v) is 8.47. The maximum atomic E-state index is 13.3. The second-order valence-electron chi connectivity index (χ2n) is 6.79. The number of aromatic nitrogens is 1. The first kappa shape index (κ1) is 20.4. The van der Waals surface area contributed by atoms with Gasteiger partial charge in [0.1, 0.15) is 10.7 Å². The number of sulfonamides is 1. The fourth-order valence-electron chi connectivity index (χ4n) is 2.94.